The highest BCUT2D eigenvalue weighted by molar-refractivity contribution is 5.42. The molecule has 1 atom stereocenters. The van der Waals surface area contributed by atoms with Crippen LogP contribution in [0.1, 0.15) is 24.4 Å². The van der Waals surface area contributed by atoms with Crippen LogP contribution in [0.25, 0.3) is 0 Å². The summed E-state index contributed by atoms with van der Waals surface area (Å²) in [5, 5.41) is 3.38. The first-order chi connectivity index (χ1) is 9.76. The smallest absolute Gasteiger partial charge is 0.183 e. The molecule has 2 aromatic rings. The maximum absolute atomic E-state index is 5.36. The second-order valence-electron chi connectivity index (χ2n) is 4.35. The molecule has 1 unspecified atom stereocenters. The van der Waals surface area contributed by atoms with Gasteiger partial charge in [-0.2, -0.15) is 0 Å². The quantitative estimate of drug-likeness (QED) is 0.875. The van der Waals surface area contributed by atoms with Crippen molar-refractivity contribution in [2.24, 2.45) is 0 Å². The van der Waals surface area contributed by atoms with E-state index in [9.17, 15) is 0 Å². The molecule has 0 bridgehead atoms. The highest BCUT2D eigenvalue weighted by Crippen LogP contribution is 2.29. The lowest BCUT2D eigenvalue weighted by Gasteiger charge is -2.15. The van der Waals surface area contributed by atoms with E-state index in [4.69, 9.17) is 9.47 Å². The number of nitrogens with one attached hydrogen (secondary N) is 1. The average molecular weight is 273 g/mol. The summed E-state index contributed by atoms with van der Waals surface area (Å²) in [6.07, 6.45) is 3.50. The Morgan fingerprint density at radius 3 is 2.60 bits per heavy atom. The minimum Gasteiger partial charge on any atom is -0.493 e. The van der Waals surface area contributed by atoms with Gasteiger partial charge in [-0.3, -0.25) is 9.97 Å². The Morgan fingerprint density at radius 1 is 1.10 bits per heavy atom. The molecule has 5 nitrogen and oxygen atoms in total. The van der Waals surface area contributed by atoms with E-state index in [1.54, 1.807) is 32.7 Å². The Hall–Kier alpha value is -2.14. The maximum Gasteiger partial charge on any atom is 0.183 e. The molecule has 0 aliphatic heterocycles. The average Bonchev–Trinajstić information content (AvgIpc) is 2.52. The molecular formula is C15H19N3O2. The summed E-state index contributed by atoms with van der Waals surface area (Å²) in [5.74, 6) is 1.35. The minimum absolute atomic E-state index is 0.133. The number of methoxy groups -OCH3 is 2. The molecule has 0 spiro atoms. The number of aromatic nitrogens is 2. The highest BCUT2D eigenvalue weighted by Gasteiger charge is 2.12. The highest BCUT2D eigenvalue weighted by atomic mass is 16.5. The zero-order chi connectivity index (χ0) is 14.4. The van der Waals surface area contributed by atoms with Gasteiger partial charge in [-0.1, -0.05) is 6.07 Å². The van der Waals surface area contributed by atoms with Gasteiger partial charge in [0, 0.05) is 31.0 Å². The lowest BCUT2D eigenvalue weighted by molar-refractivity contribution is 0.347. The SMILES string of the molecule is COc1ccnc(CNC(C)c2ccccn2)c1OC. The lowest BCUT2D eigenvalue weighted by atomic mass is 10.2. The first kappa shape index (κ1) is 14.3. The van der Waals surface area contributed by atoms with Crippen LogP contribution in [0.3, 0.4) is 0 Å². The monoisotopic (exact) mass is 273 g/mol. The third kappa shape index (κ3) is 3.24. The molecule has 2 rings (SSSR count). The Balaban J connectivity index is 2.07. The maximum atomic E-state index is 5.36. The second-order valence-corrected chi connectivity index (χ2v) is 4.35. The topological polar surface area (TPSA) is 56.3 Å². The first-order valence-electron chi connectivity index (χ1n) is 6.46. The van der Waals surface area contributed by atoms with Crippen LogP contribution in [0.2, 0.25) is 0 Å². The van der Waals surface area contributed by atoms with Crippen LogP contribution in [-0.2, 0) is 6.54 Å². The number of ether oxygens (including phenoxy) is 2. The van der Waals surface area contributed by atoms with Crippen molar-refractivity contribution in [2.75, 3.05) is 14.2 Å². The van der Waals surface area contributed by atoms with E-state index in [1.807, 2.05) is 18.2 Å². The van der Waals surface area contributed by atoms with Crippen molar-refractivity contribution in [3.8, 4) is 11.5 Å². The second kappa shape index (κ2) is 6.86. The van der Waals surface area contributed by atoms with E-state index < -0.39 is 0 Å². The summed E-state index contributed by atoms with van der Waals surface area (Å²) < 4.78 is 10.6. The zero-order valence-corrected chi connectivity index (χ0v) is 12.0. The molecule has 0 aliphatic carbocycles. The van der Waals surface area contributed by atoms with E-state index in [2.05, 4.69) is 22.2 Å². The van der Waals surface area contributed by atoms with Crippen molar-refractivity contribution in [1.29, 1.82) is 0 Å². The molecule has 0 saturated heterocycles. The molecule has 0 fully saturated rings. The molecule has 2 aromatic heterocycles. The summed E-state index contributed by atoms with van der Waals surface area (Å²) >= 11 is 0. The molecule has 5 heteroatoms. The van der Waals surface area contributed by atoms with Crippen LogP contribution in [0.5, 0.6) is 11.5 Å². The van der Waals surface area contributed by atoms with Crippen LogP contribution in [0, 0.1) is 0 Å². The Bertz CT molecular complexity index is 546. The largest absolute Gasteiger partial charge is 0.493 e. The number of hydrogen-bond donors (Lipinski definition) is 1. The molecule has 106 valence electrons. The molecule has 20 heavy (non-hydrogen) atoms. The molecular weight excluding hydrogens is 254 g/mol. The Labute approximate surface area is 119 Å². The predicted molar refractivity (Wildman–Crippen MR) is 76.8 cm³/mol. The summed E-state index contributed by atoms with van der Waals surface area (Å²) in [4.78, 5) is 8.66. The number of nitrogens with zero attached hydrogens (tertiary/aromatic N) is 2. The van der Waals surface area contributed by atoms with Crippen molar-refractivity contribution < 1.29 is 9.47 Å². The normalized spacial score (nSPS) is 11.9. The Morgan fingerprint density at radius 2 is 1.95 bits per heavy atom. The van der Waals surface area contributed by atoms with Crippen LogP contribution in [0.15, 0.2) is 36.7 Å². The fourth-order valence-electron chi connectivity index (χ4n) is 1.96. The van der Waals surface area contributed by atoms with E-state index in [0.29, 0.717) is 18.0 Å². The molecule has 0 aromatic carbocycles. The van der Waals surface area contributed by atoms with Gasteiger partial charge in [-0.25, -0.2) is 0 Å². The number of hydrogen-bond acceptors (Lipinski definition) is 5. The van der Waals surface area contributed by atoms with Crippen molar-refractivity contribution in [3.05, 3.63) is 48.0 Å². The van der Waals surface area contributed by atoms with Gasteiger partial charge in [0.1, 0.15) is 0 Å². The summed E-state index contributed by atoms with van der Waals surface area (Å²) in [6, 6.07) is 7.79. The standard InChI is InChI=1S/C15H19N3O2/c1-11(12-6-4-5-8-16-12)18-10-13-15(20-3)14(19-2)7-9-17-13/h4-9,11,18H,10H2,1-3H3. The van der Waals surface area contributed by atoms with Gasteiger partial charge in [0.05, 0.1) is 25.6 Å². The molecule has 0 aliphatic rings. The third-order valence-electron chi connectivity index (χ3n) is 3.07. The van der Waals surface area contributed by atoms with Crippen molar-refractivity contribution in [1.82, 2.24) is 15.3 Å². The molecule has 2 heterocycles. The van der Waals surface area contributed by atoms with Crippen LogP contribution >= 0.6 is 0 Å². The minimum atomic E-state index is 0.133. The first-order valence-corrected chi connectivity index (χ1v) is 6.46. The molecule has 0 radical (unpaired) electrons. The van der Waals surface area contributed by atoms with E-state index in [-0.39, 0.29) is 6.04 Å². The van der Waals surface area contributed by atoms with Gasteiger partial charge < -0.3 is 14.8 Å². The van der Waals surface area contributed by atoms with Gasteiger partial charge >= 0.3 is 0 Å². The van der Waals surface area contributed by atoms with E-state index in [1.165, 1.54) is 0 Å². The molecule has 0 amide bonds. The van der Waals surface area contributed by atoms with Gasteiger partial charge in [0.25, 0.3) is 0 Å². The molecule has 1 N–H and O–H groups in total. The number of pyridine rings is 2. The van der Waals surface area contributed by atoms with Crippen LogP contribution in [0.4, 0.5) is 0 Å². The predicted octanol–water partition coefficient (Wildman–Crippen LogP) is 2.34. The lowest BCUT2D eigenvalue weighted by Crippen LogP contribution is -2.20. The van der Waals surface area contributed by atoms with Crippen molar-refractivity contribution in [2.45, 2.75) is 19.5 Å². The van der Waals surface area contributed by atoms with Crippen LogP contribution in [-0.4, -0.2) is 24.2 Å². The van der Waals surface area contributed by atoms with Crippen molar-refractivity contribution in [3.63, 3.8) is 0 Å². The van der Waals surface area contributed by atoms with E-state index in [0.717, 1.165) is 11.4 Å². The van der Waals surface area contributed by atoms with Gasteiger partial charge in [-0.05, 0) is 19.1 Å². The van der Waals surface area contributed by atoms with Gasteiger partial charge in [0.15, 0.2) is 11.5 Å². The van der Waals surface area contributed by atoms with Gasteiger partial charge in [0.2, 0.25) is 0 Å². The summed E-state index contributed by atoms with van der Waals surface area (Å²) in [5.41, 5.74) is 1.81. The summed E-state index contributed by atoms with van der Waals surface area (Å²) in [7, 11) is 3.23. The van der Waals surface area contributed by atoms with E-state index >= 15 is 0 Å². The zero-order valence-electron chi connectivity index (χ0n) is 12.0. The Kier molecular flexibility index (Phi) is 4.90. The fraction of sp³-hybridized carbons (Fsp3) is 0.333. The molecule has 0 saturated carbocycles. The van der Waals surface area contributed by atoms with Crippen LogP contribution < -0.4 is 14.8 Å². The van der Waals surface area contributed by atoms with Crippen molar-refractivity contribution >= 4 is 0 Å². The third-order valence-corrected chi connectivity index (χ3v) is 3.07. The summed E-state index contributed by atoms with van der Waals surface area (Å²) in [6.45, 7) is 2.65. The fourth-order valence-corrected chi connectivity index (χ4v) is 1.96. The van der Waals surface area contributed by atoms with Gasteiger partial charge in [-0.15, -0.1) is 0 Å². The number of rotatable bonds is 6.